The molecule has 0 aliphatic rings. The van der Waals surface area contributed by atoms with Gasteiger partial charge in [-0.2, -0.15) is 0 Å². The van der Waals surface area contributed by atoms with Crippen molar-refractivity contribution in [2.45, 2.75) is 26.8 Å². The molecule has 0 aliphatic carbocycles. The van der Waals surface area contributed by atoms with Gasteiger partial charge in [0.05, 0.1) is 5.56 Å². The van der Waals surface area contributed by atoms with Gasteiger partial charge in [-0.15, -0.1) is 0 Å². The zero-order valence-electron chi connectivity index (χ0n) is 17.4. The van der Waals surface area contributed by atoms with Crippen LogP contribution in [-0.4, -0.2) is 22.8 Å². The average Bonchev–Trinajstić information content (AvgIpc) is 3.04. The fourth-order valence-electron chi connectivity index (χ4n) is 4.16. The van der Waals surface area contributed by atoms with Gasteiger partial charge in [-0.25, -0.2) is 0 Å². The van der Waals surface area contributed by atoms with Crippen LogP contribution < -0.4 is 11.1 Å². The van der Waals surface area contributed by atoms with Crippen molar-refractivity contribution in [3.05, 3.63) is 77.5 Å². The van der Waals surface area contributed by atoms with Crippen LogP contribution in [0.1, 0.15) is 35.0 Å². The SMILES string of the molecule is CCCn1c(C)c(C(=O)c2cc(NC(=O)C[NH3+])cc3ccccc23)c2ccccc21. The van der Waals surface area contributed by atoms with E-state index < -0.39 is 0 Å². The number of quaternary nitrogens is 1. The first-order valence-electron chi connectivity index (χ1n) is 10.3. The van der Waals surface area contributed by atoms with Crippen molar-refractivity contribution >= 4 is 39.1 Å². The van der Waals surface area contributed by atoms with Crippen LogP contribution >= 0.6 is 0 Å². The molecule has 1 aromatic heterocycles. The minimum absolute atomic E-state index is 0.0273. The second-order valence-electron chi connectivity index (χ2n) is 7.50. The summed E-state index contributed by atoms with van der Waals surface area (Å²) in [5, 5.41) is 5.60. The predicted octanol–water partition coefficient (Wildman–Crippen LogP) is 3.92. The smallest absolute Gasteiger partial charge is 0.279 e. The number of rotatable bonds is 6. The second-order valence-corrected chi connectivity index (χ2v) is 7.50. The van der Waals surface area contributed by atoms with Gasteiger partial charge in [-0.1, -0.05) is 49.4 Å². The van der Waals surface area contributed by atoms with Gasteiger partial charge in [0.1, 0.15) is 0 Å². The minimum atomic E-state index is -0.181. The Kier molecular flexibility index (Phi) is 5.38. The number of hydrogen-bond acceptors (Lipinski definition) is 2. The summed E-state index contributed by atoms with van der Waals surface area (Å²) < 4.78 is 2.22. The maximum Gasteiger partial charge on any atom is 0.279 e. The van der Waals surface area contributed by atoms with Crippen molar-refractivity contribution in [1.82, 2.24) is 4.57 Å². The van der Waals surface area contributed by atoms with E-state index >= 15 is 0 Å². The van der Waals surface area contributed by atoms with Crippen LogP contribution in [0, 0.1) is 6.92 Å². The summed E-state index contributed by atoms with van der Waals surface area (Å²) in [4.78, 5) is 25.8. The molecule has 0 aliphatic heterocycles. The molecule has 5 heteroatoms. The second kappa shape index (κ2) is 8.13. The molecule has 5 nitrogen and oxygen atoms in total. The third kappa shape index (κ3) is 3.37. The zero-order valence-corrected chi connectivity index (χ0v) is 17.4. The van der Waals surface area contributed by atoms with E-state index in [2.05, 4.69) is 28.6 Å². The lowest BCUT2D eigenvalue weighted by molar-refractivity contribution is -0.353. The van der Waals surface area contributed by atoms with E-state index in [0.29, 0.717) is 11.3 Å². The number of nitrogens with zero attached hydrogens (tertiary/aromatic N) is 1. The van der Waals surface area contributed by atoms with Crippen molar-refractivity contribution in [2.24, 2.45) is 0 Å². The maximum atomic E-state index is 13.9. The minimum Gasteiger partial charge on any atom is -0.350 e. The number of aromatic nitrogens is 1. The Morgan fingerprint density at radius 3 is 2.43 bits per heavy atom. The molecule has 0 radical (unpaired) electrons. The maximum absolute atomic E-state index is 13.9. The van der Waals surface area contributed by atoms with E-state index in [0.717, 1.165) is 45.9 Å². The van der Waals surface area contributed by atoms with Gasteiger partial charge in [0, 0.05) is 34.4 Å². The van der Waals surface area contributed by atoms with Crippen LogP contribution in [-0.2, 0) is 11.3 Å². The standard InChI is InChI=1S/C25H25N3O2/c1-3-12-28-16(2)24(20-10-6-7-11-22(20)28)25(30)21-14-18(27-23(29)15-26)13-17-8-4-5-9-19(17)21/h4-11,13-14H,3,12,15,26H2,1-2H3,(H,27,29)/p+1. The molecule has 0 saturated heterocycles. The van der Waals surface area contributed by atoms with Crippen LogP contribution in [0.25, 0.3) is 21.7 Å². The Hall–Kier alpha value is -3.44. The summed E-state index contributed by atoms with van der Waals surface area (Å²) in [7, 11) is 0. The highest BCUT2D eigenvalue weighted by atomic mass is 16.1. The highest BCUT2D eigenvalue weighted by Crippen LogP contribution is 2.32. The summed E-state index contributed by atoms with van der Waals surface area (Å²) >= 11 is 0. The molecule has 0 fully saturated rings. The van der Waals surface area contributed by atoms with E-state index in [4.69, 9.17) is 0 Å². The van der Waals surface area contributed by atoms with Gasteiger partial charge in [0.2, 0.25) is 0 Å². The topological polar surface area (TPSA) is 78.7 Å². The van der Waals surface area contributed by atoms with Gasteiger partial charge in [-0.05, 0) is 42.3 Å². The zero-order chi connectivity index (χ0) is 21.3. The molecule has 4 aromatic rings. The molecule has 0 spiro atoms. The van der Waals surface area contributed by atoms with Gasteiger partial charge < -0.3 is 15.6 Å². The number of aryl methyl sites for hydroxylation is 1. The third-order valence-corrected chi connectivity index (χ3v) is 5.52. The van der Waals surface area contributed by atoms with E-state index in [-0.39, 0.29) is 18.2 Å². The molecule has 0 unspecified atom stereocenters. The van der Waals surface area contributed by atoms with Crippen molar-refractivity contribution in [1.29, 1.82) is 0 Å². The number of ketones is 1. The quantitative estimate of drug-likeness (QED) is 0.481. The number of benzene rings is 3. The fraction of sp³-hybridized carbons (Fsp3) is 0.200. The first-order valence-corrected chi connectivity index (χ1v) is 10.3. The predicted molar refractivity (Wildman–Crippen MR) is 121 cm³/mol. The monoisotopic (exact) mass is 400 g/mol. The molecular weight excluding hydrogens is 374 g/mol. The number of carbonyl (C=O) groups excluding carboxylic acids is 2. The molecule has 0 bridgehead atoms. The van der Waals surface area contributed by atoms with Crippen LogP contribution in [0.3, 0.4) is 0 Å². The lowest BCUT2D eigenvalue weighted by Crippen LogP contribution is -2.55. The number of para-hydroxylation sites is 1. The molecule has 4 N–H and O–H groups in total. The number of nitrogens with one attached hydrogen (secondary N) is 1. The first kappa shape index (κ1) is 19.9. The summed E-state index contributed by atoms with van der Waals surface area (Å²) in [6, 6.07) is 19.5. The van der Waals surface area contributed by atoms with Gasteiger partial charge in [0.15, 0.2) is 12.3 Å². The fourth-order valence-corrected chi connectivity index (χ4v) is 4.16. The van der Waals surface area contributed by atoms with Crippen LogP contribution in [0.15, 0.2) is 60.7 Å². The third-order valence-electron chi connectivity index (χ3n) is 5.52. The number of anilines is 1. The van der Waals surface area contributed by atoms with Crippen LogP contribution in [0.5, 0.6) is 0 Å². The summed E-state index contributed by atoms with van der Waals surface area (Å²) in [6.45, 7) is 5.15. The van der Waals surface area contributed by atoms with Gasteiger partial charge in [-0.3, -0.25) is 9.59 Å². The molecule has 0 saturated carbocycles. The van der Waals surface area contributed by atoms with E-state index in [1.54, 1.807) is 6.07 Å². The lowest BCUT2D eigenvalue weighted by atomic mass is 9.95. The summed E-state index contributed by atoms with van der Waals surface area (Å²) in [5.41, 5.74) is 7.61. The number of fused-ring (bicyclic) bond motifs is 2. The van der Waals surface area contributed by atoms with Crippen LogP contribution in [0.2, 0.25) is 0 Å². The first-order chi connectivity index (χ1) is 14.5. The van der Waals surface area contributed by atoms with Crippen molar-refractivity contribution < 1.29 is 15.3 Å². The van der Waals surface area contributed by atoms with E-state index in [9.17, 15) is 9.59 Å². The average molecular weight is 401 g/mol. The number of amides is 1. The van der Waals surface area contributed by atoms with Crippen molar-refractivity contribution in [3.8, 4) is 0 Å². The van der Waals surface area contributed by atoms with E-state index in [1.807, 2.05) is 55.5 Å². The summed E-state index contributed by atoms with van der Waals surface area (Å²) in [6.07, 6.45) is 0.989. The van der Waals surface area contributed by atoms with E-state index in [1.165, 1.54) is 0 Å². The van der Waals surface area contributed by atoms with Crippen LogP contribution in [0.4, 0.5) is 5.69 Å². The normalized spacial score (nSPS) is 11.2. The number of hydrogen-bond donors (Lipinski definition) is 2. The molecule has 30 heavy (non-hydrogen) atoms. The largest absolute Gasteiger partial charge is 0.350 e. The van der Waals surface area contributed by atoms with Gasteiger partial charge in [0.25, 0.3) is 5.91 Å². The number of carbonyl (C=O) groups is 2. The van der Waals surface area contributed by atoms with Crippen molar-refractivity contribution in [3.63, 3.8) is 0 Å². The molecule has 4 rings (SSSR count). The van der Waals surface area contributed by atoms with Gasteiger partial charge >= 0.3 is 0 Å². The molecule has 1 heterocycles. The molecular formula is C25H26N3O2+. The Morgan fingerprint density at radius 2 is 1.70 bits per heavy atom. The molecule has 1 amide bonds. The Morgan fingerprint density at radius 1 is 1.00 bits per heavy atom. The highest BCUT2D eigenvalue weighted by Gasteiger charge is 2.23. The Labute approximate surface area is 175 Å². The lowest BCUT2D eigenvalue weighted by Gasteiger charge is -2.11. The summed E-state index contributed by atoms with van der Waals surface area (Å²) in [5.74, 6) is -0.208. The Balaban J connectivity index is 1.94. The molecule has 3 aromatic carbocycles. The Bertz CT molecular complexity index is 1270. The molecule has 152 valence electrons. The van der Waals surface area contributed by atoms with Crippen molar-refractivity contribution in [2.75, 3.05) is 11.9 Å². The molecule has 0 atom stereocenters. The highest BCUT2D eigenvalue weighted by molar-refractivity contribution is 6.23.